The summed E-state index contributed by atoms with van der Waals surface area (Å²) in [6.45, 7) is 3.79. The second-order valence-corrected chi connectivity index (χ2v) is 6.12. The molecule has 2 heterocycles. The van der Waals surface area contributed by atoms with Gasteiger partial charge in [-0.1, -0.05) is 29.8 Å². The Balaban J connectivity index is 1.74. The van der Waals surface area contributed by atoms with Gasteiger partial charge in [-0.15, -0.1) is 0 Å². The minimum absolute atomic E-state index is 0.291. The highest BCUT2D eigenvalue weighted by Gasteiger charge is 2.17. The summed E-state index contributed by atoms with van der Waals surface area (Å²) in [7, 11) is 0. The van der Waals surface area contributed by atoms with Crippen LogP contribution in [0.5, 0.6) is 0 Å². The van der Waals surface area contributed by atoms with E-state index < -0.39 is 11.8 Å². The molecule has 0 spiro atoms. The van der Waals surface area contributed by atoms with Gasteiger partial charge in [0.25, 0.3) is 11.8 Å². The summed E-state index contributed by atoms with van der Waals surface area (Å²) in [5.74, 6) is -0.866. The van der Waals surface area contributed by atoms with E-state index in [1.54, 1.807) is 6.07 Å². The van der Waals surface area contributed by atoms with Crippen LogP contribution < -0.4 is 10.9 Å². The molecule has 6 nitrogen and oxygen atoms in total. The van der Waals surface area contributed by atoms with Crippen molar-refractivity contribution in [1.29, 1.82) is 0 Å². The second kappa shape index (κ2) is 7.41. The number of hydrogen-bond donors (Lipinski definition) is 2. The van der Waals surface area contributed by atoms with Gasteiger partial charge in [0.05, 0.1) is 11.1 Å². The molecule has 0 saturated heterocycles. The lowest BCUT2D eigenvalue weighted by atomic mass is 10.2. The number of carbonyl (C=O) groups is 2. The molecule has 26 heavy (non-hydrogen) atoms. The molecule has 0 bridgehead atoms. The number of para-hydroxylation sites is 1. The molecule has 0 aliphatic carbocycles. The Morgan fingerprint density at radius 2 is 1.69 bits per heavy atom. The van der Waals surface area contributed by atoms with Gasteiger partial charge < -0.3 is 4.57 Å². The monoisotopic (exact) mass is 368 g/mol. The number of aromatic nitrogens is 2. The van der Waals surface area contributed by atoms with E-state index in [1.807, 2.05) is 48.7 Å². The molecule has 0 aliphatic rings. The third-order valence-corrected chi connectivity index (χ3v) is 4.19. The van der Waals surface area contributed by atoms with Crippen molar-refractivity contribution in [2.45, 2.75) is 13.8 Å². The predicted octanol–water partition coefficient (Wildman–Crippen LogP) is 3.22. The summed E-state index contributed by atoms with van der Waals surface area (Å²) in [5.41, 5.74) is 8.28. The maximum absolute atomic E-state index is 12.5. The number of rotatable bonds is 3. The molecule has 0 atom stereocenters. The molecule has 3 aromatic rings. The topological polar surface area (TPSA) is 76.0 Å². The highest BCUT2D eigenvalue weighted by atomic mass is 35.5. The largest absolute Gasteiger partial charge is 0.318 e. The molecule has 3 rings (SSSR count). The minimum Gasteiger partial charge on any atom is -0.318 e. The molecule has 0 radical (unpaired) electrons. The zero-order valence-electron chi connectivity index (χ0n) is 14.3. The first-order valence-corrected chi connectivity index (χ1v) is 8.32. The molecular formula is C19H17ClN4O2. The van der Waals surface area contributed by atoms with E-state index in [-0.39, 0.29) is 0 Å². The van der Waals surface area contributed by atoms with Crippen LogP contribution >= 0.6 is 11.6 Å². The molecular weight excluding hydrogens is 352 g/mol. The van der Waals surface area contributed by atoms with Crippen molar-refractivity contribution < 1.29 is 9.59 Å². The molecule has 0 saturated carbocycles. The number of aryl methyl sites for hydroxylation is 1. The lowest BCUT2D eigenvalue weighted by molar-refractivity contribution is 0.0846. The smallest absolute Gasteiger partial charge is 0.271 e. The normalized spacial score (nSPS) is 10.4. The molecule has 2 N–H and O–H groups in total. The number of hydrogen-bond acceptors (Lipinski definition) is 3. The Bertz CT molecular complexity index is 950. The van der Waals surface area contributed by atoms with E-state index in [9.17, 15) is 9.59 Å². The maximum atomic E-state index is 12.5. The average molecular weight is 369 g/mol. The number of amides is 2. The number of nitrogens with zero attached hydrogens (tertiary/aromatic N) is 2. The molecule has 0 aliphatic heterocycles. The van der Waals surface area contributed by atoms with E-state index in [0.717, 1.165) is 17.1 Å². The minimum atomic E-state index is -0.473. The summed E-state index contributed by atoms with van der Waals surface area (Å²) < 4.78 is 1.99. The lowest BCUT2D eigenvalue weighted by Crippen LogP contribution is -2.41. The van der Waals surface area contributed by atoms with Crippen LogP contribution in [-0.2, 0) is 0 Å². The van der Waals surface area contributed by atoms with Crippen molar-refractivity contribution in [3.8, 4) is 5.69 Å². The van der Waals surface area contributed by atoms with Crippen LogP contribution in [0.3, 0.4) is 0 Å². The van der Waals surface area contributed by atoms with Gasteiger partial charge in [-0.3, -0.25) is 20.4 Å². The standard InChI is InChI=1S/C19H17ClN4O2/c1-12-10-16(13(2)24(12)15-6-4-3-5-7-15)19(26)23-22-18(25)14-8-9-17(20)21-11-14/h3-11H,1-2H3,(H,22,25)(H,23,26). The molecule has 0 fully saturated rings. The van der Waals surface area contributed by atoms with Gasteiger partial charge in [-0.05, 0) is 44.2 Å². The fourth-order valence-electron chi connectivity index (χ4n) is 2.73. The van der Waals surface area contributed by atoms with Gasteiger partial charge in [0.15, 0.2) is 0 Å². The third kappa shape index (κ3) is 3.60. The molecule has 1 aromatic carbocycles. The fourth-order valence-corrected chi connectivity index (χ4v) is 2.84. The van der Waals surface area contributed by atoms with Crippen LogP contribution in [0, 0.1) is 13.8 Å². The second-order valence-electron chi connectivity index (χ2n) is 5.73. The van der Waals surface area contributed by atoms with Crippen LogP contribution in [0.2, 0.25) is 5.15 Å². The van der Waals surface area contributed by atoms with Crippen LogP contribution in [0.4, 0.5) is 0 Å². The molecule has 0 unspecified atom stereocenters. The van der Waals surface area contributed by atoms with Gasteiger partial charge >= 0.3 is 0 Å². The molecule has 132 valence electrons. The zero-order chi connectivity index (χ0) is 18.7. The number of halogens is 1. The highest BCUT2D eigenvalue weighted by molar-refractivity contribution is 6.29. The number of benzene rings is 1. The van der Waals surface area contributed by atoms with Gasteiger partial charge in [0.1, 0.15) is 5.15 Å². The van der Waals surface area contributed by atoms with Crippen LogP contribution in [0.1, 0.15) is 32.1 Å². The Hall–Kier alpha value is -3.12. The van der Waals surface area contributed by atoms with Gasteiger partial charge in [-0.25, -0.2) is 4.98 Å². The SMILES string of the molecule is Cc1cc(C(=O)NNC(=O)c2ccc(Cl)nc2)c(C)n1-c1ccccc1. The summed E-state index contributed by atoms with van der Waals surface area (Å²) in [5, 5.41) is 0.291. The Kier molecular flexibility index (Phi) is 5.04. The summed E-state index contributed by atoms with van der Waals surface area (Å²) in [6, 6.07) is 14.6. The molecule has 2 amide bonds. The summed E-state index contributed by atoms with van der Waals surface area (Å²) >= 11 is 5.69. The first kappa shape index (κ1) is 17.7. The van der Waals surface area contributed by atoms with Crippen molar-refractivity contribution in [2.75, 3.05) is 0 Å². The van der Waals surface area contributed by atoms with Gasteiger partial charge in [0, 0.05) is 23.3 Å². The number of nitrogens with one attached hydrogen (secondary N) is 2. The van der Waals surface area contributed by atoms with E-state index >= 15 is 0 Å². The van der Waals surface area contributed by atoms with E-state index in [0.29, 0.717) is 16.3 Å². The number of carbonyl (C=O) groups excluding carboxylic acids is 2. The Morgan fingerprint density at radius 1 is 1.00 bits per heavy atom. The van der Waals surface area contributed by atoms with Gasteiger partial charge in [0.2, 0.25) is 0 Å². The number of hydrazine groups is 1. The van der Waals surface area contributed by atoms with Crippen LogP contribution in [0.25, 0.3) is 5.69 Å². The van der Waals surface area contributed by atoms with Crippen LogP contribution in [0.15, 0.2) is 54.7 Å². The Labute approximate surface area is 155 Å². The van der Waals surface area contributed by atoms with Crippen molar-refractivity contribution >= 4 is 23.4 Å². The predicted molar refractivity (Wildman–Crippen MR) is 99.4 cm³/mol. The van der Waals surface area contributed by atoms with Crippen molar-refractivity contribution in [3.05, 3.63) is 82.4 Å². The molecule has 2 aromatic heterocycles. The fraction of sp³-hybridized carbons (Fsp3) is 0.105. The van der Waals surface area contributed by atoms with E-state index in [1.165, 1.54) is 18.3 Å². The highest BCUT2D eigenvalue weighted by Crippen LogP contribution is 2.20. The maximum Gasteiger partial charge on any atom is 0.271 e. The van der Waals surface area contributed by atoms with Crippen molar-refractivity contribution in [1.82, 2.24) is 20.4 Å². The molecule has 7 heteroatoms. The summed E-state index contributed by atoms with van der Waals surface area (Å²) in [6.07, 6.45) is 1.34. The zero-order valence-corrected chi connectivity index (χ0v) is 15.0. The van der Waals surface area contributed by atoms with E-state index in [2.05, 4.69) is 15.8 Å². The lowest BCUT2D eigenvalue weighted by Gasteiger charge is -2.10. The number of pyridine rings is 1. The third-order valence-electron chi connectivity index (χ3n) is 3.97. The van der Waals surface area contributed by atoms with Gasteiger partial charge in [-0.2, -0.15) is 0 Å². The van der Waals surface area contributed by atoms with Crippen LogP contribution in [-0.4, -0.2) is 21.4 Å². The first-order valence-electron chi connectivity index (χ1n) is 7.94. The Morgan fingerprint density at radius 3 is 2.35 bits per heavy atom. The van der Waals surface area contributed by atoms with E-state index in [4.69, 9.17) is 11.6 Å². The van der Waals surface area contributed by atoms with Crippen molar-refractivity contribution in [3.63, 3.8) is 0 Å². The quantitative estimate of drug-likeness (QED) is 0.550. The first-order chi connectivity index (χ1) is 12.5. The summed E-state index contributed by atoms with van der Waals surface area (Å²) in [4.78, 5) is 28.4. The average Bonchev–Trinajstić information content (AvgIpc) is 2.95. The van der Waals surface area contributed by atoms with Crippen molar-refractivity contribution in [2.24, 2.45) is 0 Å².